The molecule has 3 heteroatoms. The minimum atomic E-state index is 0.109. The van der Waals surface area contributed by atoms with E-state index < -0.39 is 0 Å². The topological polar surface area (TPSA) is 29.4 Å². The van der Waals surface area contributed by atoms with Crippen LogP contribution in [0.5, 0.6) is 0 Å². The van der Waals surface area contributed by atoms with Crippen molar-refractivity contribution in [2.75, 3.05) is 5.75 Å². The van der Waals surface area contributed by atoms with Gasteiger partial charge in [-0.25, -0.2) is 4.99 Å². The van der Waals surface area contributed by atoms with E-state index in [0.717, 1.165) is 21.9 Å². The van der Waals surface area contributed by atoms with Crippen LogP contribution in [0.1, 0.15) is 6.92 Å². The zero-order chi connectivity index (χ0) is 7.84. The zero-order valence-corrected chi connectivity index (χ0v) is 6.94. The normalized spacial score (nSPS) is 22.3. The van der Waals surface area contributed by atoms with Crippen LogP contribution in [-0.2, 0) is 4.79 Å². The first-order valence-electron chi connectivity index (χ1n) is 3.40. The van der Waals surface area contributed by atoms with E-state index in [1.54, 1.807) is 18.0 Å². The fraction of sp³-hybridized carbons (Fsp3) is 0.250. The maximum atomic E-state index is 11.2. The molecule has 0 aromatic carbocycles. The number of aliphatic imine (C=N–C) groups is 1. The quantitative estimate of drug-likeness (QED) is 0.545. The van der Waals surface area contributed by atoms with E-state index in [0.29, 0.717) is 0 Å². The van der Waals surface area contributed by atoms with Crippen LogP contribution in [0.2, 0.25) is 0 Å². The summed E-state index contributed by atoms with van der Waals surface area (Å²) in [4.78, 5) is 15.4. The Labute approximate surface area is 69.1 Å². The summed E-state index contributed by atoms with van der Waals surface area (Å²) >= 11 is 1.64. The van der Waals surface area contributed by atoms with Crippen LogP contribution < -0.4 is 0 Å². The molecule has 0 radical (unpaired) electrons. The number of fused-ring (bicyclic) bond motifs is 1. The van der Waals surface area contributed by atoms with Crippen LogP contribution in [0.4, 0.5) is 0 Å². The predicted octanol–water partition coefficient (Wildman–Crippen LogP) is 1.54. The van der Waals surface area contributed by atoms with Crippen molar-refractivity contribution in [2.24, 2.45) is 4.99 Å². The Bertz CT molecular complexity index is 312. The Morgan fingerprint density at radius 3 is 3.18 bits per heavy atom. The van der Waals surface area contributed by atoms with Gasteiger partial charge >= 0.3 is 0 Å². The molecule has 0 aromatic rings. The smallest absolute Gasteiger partial charge is 0.190 e. The lowest BCUT2D eigenvalue weighted by Gasteiger charge is -2.02. The van der Waals surface area contributed by atoms with Gasteiger partial charge in [-0.05, 0) is 12.5 Å². The first-order chi connectivity index (χ1) is 5.29. The van der Waals surface area contributed by atoms with Crippen molar-refractivity contribution in [3.63, 3.8) is 0 Å². The van der Waals surface area contributed by atoms with E-state index in [1.807, 2.05) is 6.92 Å². The minimum Gasteiger partial charge on any atom is -0.289 e. The Hall–Kier alpha value is -0.830. The maximum Gasteiger partial charge on any atom is 0.190 e. The van der Waals surface area contributed by atoms with Gasteiger partial charge < -0.3 is 0 Å². The number of ketones is 1. The van der Waals surface area contributed by atoms with Gasteiger partial charge in [-0.2, -0.15) is 0 Å². The number of thioether (sulfide) groups is 1. The summed E-state index contributed by atoms with van der Waals surface area (Å²) in [6, 6.07) is 0. The fourth-order valence-corrected chi connectivity index (χ4v) is 2.23. The van der Waals surface area contributed by atoms with Crippen LogP contribution in [0.25, 0.3) is 0 Å². The molecule has 0 spiro atoms. The van der Waals surface area contributed by atoms with Crippen LogP contribution in [-0.4, -0.2) is 16.6 Å². The van der Waals surface area contributed by atoms with E-state index in [9.17, 15) is 4.79 Å². The molecule has 2 aliphatic heterocycles. The molecule has 0 saturated carbocycles. The second-order valence-electron chi connectivity index (χ2n) is 2.56. The molecule has 0 atom stereocenters. The molecule has 2 nitrogen and oxygen atoms in total. The lowest BCUT2D eigenvalue weighted by molar-refractivity contribution is -0.110. The first kappa shape index (κ1) is 6.85. The van der Waals surface area contributed by atoms with Gasteiger partial charge in [0.05, 0.1) is 5.57 Å². The molecule has 0 fully saturated rings. The zero-order valence-electron chi connectivity index (χ0n) is 6.13. The number of allylic oxidation sites excluding steroid dienone is 1. The molecule has 0 aromatic heterocycles. The number of hydrogen-bond acceptors (Lipinski definition) is 3. The lowest BCUT2D eigenvalue weighted by atomic mass is 10.1. The number of nitrogens with zero attached hydrogens (tertiary/aromatic N) is 1. The van der Waals surface area contributed by atoms with Gasteiger partial charge in [-0.15, -0.1) is 11.8 Å². The molecule has 0 aliphatic carbocycles. The Morgan fingerprint density at radius 1 is 1.64 bits per heavy atom. The Balaban J connectivity index is 2.54. The van der Waals surface area contributed by atoms with Crippen LogP contribution in [0.3, 0.4) is 0 Å². The highest BCUT2D eigenvalue weighted by molar-refractivity contribution is 8.15. The summed E-state index contributed by atoms with van der Waals surface area (Å²) in [5, 5.41) is 0.898. The summed E-state index contributed by atoms with van der Waals surface area (Å²) in [5.41, 5.74) is 1.99. The van der Waals surface area contributed by atoms with Crippen molar-refractivity contribution in [1.82, 2.24) is 0 Å². The fourth-order valence-electron chi connectivity index (χ4n) is 1.18. The van der Waals surface area contributed by atoms with Crippen molar-refractivity contribution in [3.8, 4) is 0 Å². The second-order valence-corrected chi connectivity index (χ2v) is 3.52. The Kier molecular flexibility index (Phi) is 1.46. The number of hydrogen-bond donors (Lipinski definition) is 0. The maximum absolute atomic E-state index is 11.2. The SMILES string of the molecule is CC1=C2C(=O)C=CN=C2SC1. The highest BCUT2D eigenvalue weighted by atomic mass is 32.2. The average Bonchev–Trinajstić information content (AvgIpc) is 2.34. The number of rotatable bonds is 0. The molecule has 0 amide bonds. The van der Waals surface area contributed by atoms with Crippen molar-refractivity contribution in [3.05, 3.63) is 23.4 Å². The monoisotopic (exact) mass is 165 g/mol. The predicted molar refractivity (Wildman–Crippen MR) is 46.7 cm³/mol. The molecular weight excluding hydrogens is 158 g/mol. The van der Waals surface area contributed by atoms with E-state index >= 15 is 0 Å². The molecule has 11 heavy (non-hydrogen) atoms. The molecule has 2 rings (SSSR count). The molecule has 0 unspecified atom stereocenters. The number of carbonyl (C=O) groups excluding carboxylic acids is 1. The summed E-state index contributed by atoms with van der Waals surface area (Å²) in [7, 11) is 0. The summed E-state index contributed by atoms with van der Waals surface area (Å²) in [5.74, 6) is 1.03. The van der Waals surface area contributed by atoms with E-state index in [2.05, 4.69) is 4.99 Å². The summed E-state index contributed by atoms with van der Waals surface area (Å²) in [6.45, 7) is 1.99. The summed E-state index contributed by atoms with van der Waals surface area (Å²) < 4.78 is 0. The molecule has 0 saturated heterocycles. The molecule has 0 bridgehead atoms. The van der Waals surface area contributed by atoms with Crippen molar-refractivity contribution in [1.29, 1.82) is 0 Å². The third-order valence-corrected chi connectivity index (χ3v) is 2.89. The van der Waals surface area contributed by atoms with Gasteiger partial charge in [0.15, 0.2) is 5.78 Å². The highest BCUT2D eigenvalue weighted by Gasteiger charge is 2.25. The summed E-state index contributed by atoms with van der Waals surface area (Å²) in [6.07, 6.45) is 3.10. The molecule has 56 valence electrons. The van der Waals surface area contributed by atoms with Crippen molar-refractivity contribution in [2.45, 2.75) is 6.92 Å². The van der Waals surface area contributed by atoms with Crippen LogP contribution in [0, 0.1) is 0 Å². The van der Waals surface area contributed by atoms with Crippen LogP contribution >= 0.6 is 11.8 Å². The van der Waals surface area contributed by atoms with Crippen LogP contribution in [0.15, 0.2) is 28.4 Å². The van der Waals surface area contributed by atoms with Gasteiger partial charge in [0.25, 0.3) is 0 Å². The van der Waals surface area contributed by atoms with Crippen molar-refractivity contribution < 1.29 is 4.79 Å². The minimum absolute atomic E-state index is 0.109. The standard InChI is InChI=1S/C8H7NOS/c1-5-4-11-8-7(5)6(10)2-3-9-8/h2-3H,4H2,1H3. The molecule has 2 aliphatic rings. The molecular formula is C8H7NOS. The van der Waals surface area contributed by atoms with Gasteiger partial charge in [-0.1, -0.05) is 0 Å². The third-order valence-electron chi connectivity index (χ3n) is 1.73. The lowest BCUT2D eigenvalue weighted by Crippen LogP contribution is -2.08. The second kappa shape index (κ2) is 2.34. The van der Waals surface area contributed by atoms with E-state index in [1.165, 1.54) is 6.08 Å². The highest BCUT2D eigenvalue weighted by Crippen LogP contribution is 2.30. The molecule has 2 heterocycles. The largest absolute Gasteiger partial charge is 0.289 e. The van der Waals surface area contributed by atoms with Gasteiger partial charge in [-0.3, -0.25) is 4.79 Å². The van der Waals surface area contributed by atoms with E-state index in [-0.39, 0.29) is 5.78 Å². The average molecular weight is 165 g/mol. The van der Waals surface area contributed by atoms with E-state index in [4.69, 9.17) is 0 Å². The molecule has 0 N–H and O–H groups in total. The number of carbonyl (C=O) groups is 1. The van der Waals surface area contributed by atoms with Gasteiger partial charge in [0, 0.05) is 18.0 Å². The Morgan fingerprint density at radius 2 is 2.45 bits per heavy atom. The van der Waals surface area contributed by atoms with Gasteiger partial charge in [0.2, 0.25) is 0 Å². The van der Waals surface area contributed by atoms with Gasteiger partial charge in [0.1, 0.15) is 5.04 Å². The van der Waals surface area contributed by atoms with Crippen molar-refractivity contribution >= 4 is 22.6 Å². The third kappa shape index (κ3) is 0.959. The first-order valence-corrected chi connectivity index (χ1v) is 4.39.